The predicted molar refractivity (Wildman–Crippen MR) is 276 cm³/mol. The summed E-state index contributed by atoms with van der Waals surface area (Å²) in [6, 6.07) is 1.47. The van der Waals surface area contributed by atoms with Crippen molar-refractivity contribution in [3.63, 3.8) is 0 Å². The number of carbonyl (C=O) groups excluding carboxylic acids is 4. The van der Waals surface area contributed by atoms with Gasteiger partial charge in [0.2, 0.25) is 11.9 Å². The first kappa shape index (κ1) is 55.3. The Morgan fingerprint density at radius 3 is 1.32 bits per heavy atom. The molecule has 6 aromatic heterocycles. The van der Waals surface area contributed by atoms with E-state index in [4.69, 9.17) is 0 Å². The van der Waals surface area contributed by atoms with Gasteiger partial charge in [-0.15, -0.1) is 43.1 Å². The van der Waals surface area contributed by atoms with Crippen LogP contribution in [0.1, 0.15) is 127 Å². The topological polar surface area (TPSA) is 213 Å². The minimum Gasteiger partial charge on any atom is -0.352 e. The maximum Gasteiger partial charge on any atom is 0.435 e. The predicted octanol–water partition coefficient (Wildman–Crippen LogP) is 8.84. The summed E-state index contributed by atoms with van der Waals surface area (Å²) in [6.45, 7) is 5.42. The van der Waals surface area contributed by atoms with Crippen LogP contribution in [0.4, 0.5) is 58.7 Å². The Morgan fingerprint density at radius 1 is 0.625 bits per heavy atom. The molecule has 6 aliphatic carbocycles. The highest BCUT2D eigenvalue weighted by molar-refractivity contribution is 7.13. The Bertz CT molecular complexity index is 3140. The Kier molecular flexibility index (Phi) is 14.8. The lowest BCUT2D eigenvalue weighted by molar-refractivity contribution is -0.142. The molecule has 428 valence electrons. The molecule has 0 aliphatic heterocycles. The van der Waals surface area contributed by atoms with E-state index in [0.29, 0.717) is 96.2 Å². The number of nitrogens with one attached hydrogen (secondary N) is 4. The lowest BCUT2D eigenvalue weighted by atomic mass is 9.90. The van der Waals surface area contributed by atoms with Crippen LogP contribution in [0, 0.1) is 35.5 Å². The van der Waals surface area contributed by atoms with Crippen molar-refractivity contribution in [2.45, 2.75) is 128 Å². The fraction of sp³-hybridized carbons (Fsp3) is 0.577. The normalized spacial score (nSPS) is 25.4. The average Bonchev–Trinajstić information content (AvgIpc) is 4.41. The van der Waals surface area contributed by atoms with Gasteiger partial charge in [-0.25, -0.2) is 8.78 Å². The Morgan fingerprint density at radius 2 is 1.00 bits per heavy atom. The van der Waals surface area contributed by atoms with E-state index in [1.54, 1.807) is 9.13 Å². The van der Waals surface area contributed by atoms with E-state index < -0.39 is 47.9 Å². The third kappa shape index (κ3) is 11.8. The quantitative estimate of drug-likeness (QED) is 0.0595. The monoisotopic (exact) mass is 1160 g/mol. The molecule has 4 N–H and O–H groups in total. The van der Waals surface area contributed by atoms with Gasteiger partial charge in [0.25, 0.3) is 11.8 Å². The number of aromatic nitrogens is 10. The molecule has 18 nitrogen and oxygen atoms in total. The number of halogens is 8. The highest BCUT2D eigenvalue weighted by Gasteiger charge is 2.46. The number of fused-ring (bicyclic) bond motifs is 2. The molecule has 28 heteroatoms. The van der Waals surface area contributed by atoms with Crippen molar-refractivity contribution >= 4 is 69.6 Å². The molecule has 0 bridgehead atoms. The first-order chi connectivity index (χ1) is 38.0. The molecule has 12 rings (SSSR count). The van der Waals surface area contributed by atoms with Crippen LogP contribution in [0.25, 0.3) is 0 Å². The molecular formula is C52H58F8N14O4S2. The third-order valence-corrected chi connectivity index (χ3v) is 18.9. The number of alkyl halides is 8. The van der Waals surface area contributed by atoms with E-state index in [1.807, 2.05) is 0 Å². The van der Waals surface area contributed by atoms with Crippen LogP contribution in [-0.4, -0.2) is 97.9 Å². The summed E-state index contributed by atoms with van der Waals surface area (Å²) in [5.74, 6) is 0.833. The summed E-state index contributed by atoms with van der Waals surface area (Å²) in [6.07, 6.45) is -2.02. The number of thiophene rings is 2. The SMILES string of the molecule is C[C@H]1C[C@@H]1CNC(=O)c1c(CC(=O)[C@H]2C[C@H]2F)sc2c1C[C@@H](n1cnnc1Nc1cc(C(F)(F)F)nn1C)CC2.C[C@H]1C[C@H]1CNC(=O)c1c(CC(=O)[C@H]2C[C@H]2F)sc2c1C[C@@H](n1cnnc1Nc1cc(C(F)(F)F)nn1C)CC2. The van der Waals surface area contributed by atoms with Crippen LogP contribution in [0.2, 0.25) is 0 Å². The maximum atomic E-state index is 13.6. The van der Waals surface area contributed by atoms with Crippen LogP contribution < -0.4 is 21.3 Å². The number of rotatable bonds is 18. The Hall–Kier alpha value is -6.58. The third-order valence-electron chi connectivity index (χ3n) is 16.3. The molecule has 0 spiro atoms. The number of ketones is 2. The first-order valence-corrected chi connectivity index (χ1v) is 28.3. The van der Waals surface area contributed by atoms with Crippen molar-refractivity contribution in [2.75, 3.05) is 23.7 Å². The number of Topliss-reactive ketones (excluding diaryl/α,β-unsaturated/α-hetero) is 2. The smallest absolute Gasteiger partial charge is 0.352 e. The zero-order chi connectivity index (χ0) is 56.7. The summed E-state index contributed by atoms with van der Waals surface area (Å²) in [5.41, 5.74) is 0.688. The van der Waals surface area contributed by atoms with Gasteiger partial charge in [-0.1, -0.05) is 13.8 Å². The largest absolute Gasteiger partial charge is 0.435 e. The molecule has 0 aromatic carbocycles. The van der Waals surface area contributed by atoms with Gasteiger partial charge in [-0.05, 0) is 99.0 Å². The minimum atomic E-state index is -4.58. The molecule has 80 heavy (non-hydrogen) atoms. The first-order valence-electron chi connectivity index (χ1n) is 26.7. The molecule has 0 unspecified atom stereocenters. The molecule has 0 saturated heterocycles. The van der Waals surface area contributed by atoms with Gasteiger partial charge in [-0.2, -0.15) is 36.5 Å². The summed E-state index contributed by atoms with van der Waals surface area (Å²) in [5, 5.41) is 35.1. The maximum absolute atomic E-state index is 13.6. The van der Waals surface area contributed by atoms with E-state index >= 15 is 0 Å². The number of hydrogen-bond donors (Lipinski definition) is 4. The highest BCUT2D eigenvalue weighted by Crippen LogP contribution is 2.45. The van der Waals surface area contributed by atoms with Gasteiger partial charge in [-0.3, -0.25) is 37.7 Å². The lowest BCUT2D eigenvalue weighted by Crippen LogP contribution is -2.29. The van der Waals surface area contributed by atoms with Gasteiger partial charge >= 0.3 is 12.4 Å². The van der Waals surface area contributed by atoms with E-state index in [-0.39, 0.29) is 84.7 Å². The number of hydrogen-bond acceptors (Lipinski definition) is 14. The number of aryl methyl sites for hydroxylation is 4. The van der Waals surface area contributed by atoms with E-state index in [2.05, 4.69) is 65.7 Å². The van der Waals surface area contributed by atoms with Crippen LogP contribution in [0.15, 0.2) is 24.8 Å². The summed E-state index contributed by atoms with van der Waals surface area (Å²) in [7, 11) is 2.80. The van der Waals surface area contributed by atoms with Gasteiger partial charge in [0.15, 0.2) is 11.4 Å². The molecule has 0 radical (unpaired) electrons. The molecule has 2 amide bonds. The van der Waals surface area contributed by atoms with Crippen molar-refractivity contribution in [3.05, 3.63) is 77.9 Å². The van der Waals surface area contributed by atoms with Crippen LogP contribution in [0.3, 0.4) is 0 Å². The number of carbonyl (C=O) groups is 4. The Balaban J connectivity index is 0.000000169. The fourth-order valence-electron chi connectivity index (χ4n) is 10.9. The molecule has 6 heterocycles. The van der Waals surface area contributed by atoms with Gasteiger partial charge in [0, 0.05) is 83.8 Å². The van der Waals surface area contributed by atoms with Crippen LogP contribution in [0.5, 0.6) is 0 Å². The van der Waals surface area contributed by atoms with E-state index in [0.717, 1.165) is 55.2 Å². The van der Waals surface area contributed by atoms with Crippen LogP contribution in [-0.2, 0) is 74.6 Å². The van der Waals surface area contributed by atoms with Crippen molar-refractivity contribution in [1.82, 2.24) is 59.7 Å². The number of anilines is 4. The minimum absolute atomic E-state index is 0.0392. The van der Waals surface area contributed by atoms with Crippen molar-refractivity contribution in [2.24, 2.45) is 49.6 Å². The summed E-state index contributed by atoms with van der Waals surface area (Å²) in [4.78, 5) is 55.7. The summed E-state index contributed by atoms with van der Waals surface area (Å²) < 4.78 is 112. The van der Waals surface area contributed by atoms with Gasteiger partial charge in [0.1, 0.15) is 48.2 Å². The lowest BCUT2D eigenvalue weighted by Gasteiger charge is -2.25. The van der Waals surface area contributed by atoms with Crippen molar-refractivity contribution in [1.29, 1.82) is 0 Å². The zero-order valence-electron chi connectivity index (χ0n) is 43.9. The second-order valence-corrected chi connectivity index (χ2v) is 24.6. The van der Waals surface area contributed by atoms with Crippen molar-refractivity contribution < 1.29 is 54.3 Å². The average molecular weight is 1160 g/mol. The number of amides is 2. The molecule has 10 atom stereocenters. The number of nitrogens with zero attached hydrogens (tertiary/aromatic N) is 10. The van der Waals surface area contributed by atoms with Crippen LogP contribution >= 0.6 is 22.7 Å². The second-order valence-electron chi connectivity index (χ2n) is 22.2. The molecule has 6 aliphatic rings. The fourth-order valence-corrected chi connectivity index (χ4v) is 13.6. The summed E-state index contributed by atoms with van der Waals surface area (Å²) >= 11 is 2.90. The van der Waals surface area contributed by atoms with Gasteiger partial charge in [0.05, 0.1) is 23.0 Å². The highest BCUT2D eigenvalue weighted by atomic mass is 32.1. The molecule has 4 fully saturated rings. The van der Waals surface area contributed by atoms with E-state index in [9.17, 15) is 54.3 Å². The molecular weight excluding hydrogens is 1100 g/mol. The standard InChI is InChI=1S/2C26H29F4N7O2S/c2*1-12-5-13(12)10-31-24(39)23-16-6-14(3-4-19(16)40-20(23)8-18(38)15-7-17(15)27)37-11-32-34-25(37)33-22-9-21(26(28,29)30)35-36(22)2/h2*9,11-15,17H,3-8,10H2,1-2H3,(H,31,39)(H,33,34)/t12-,13+,14-,15-,17+;12-,13-,14-,15-,17+/m00/s1. The van der Waals surface area contributed by atoms with Gasteiger partial charge < -0.3 is 21.3 Å². The van der Waals surface area contributed by atoms with E-state index in [1.165, 1.54) is 49.4 Å². The van der Waals surface area contributed by atoms with Crippen molar-refractivity contribution in [3.8, 4) is 0 Å². The second kappa shape index (κ2) is 21.4. The zero-order valence-corrected chi connectivity index (χ0v) is 45.6. The Labute approximate surface area is 460 Å². The molecule has 6 aromatic rings. The molecule has 4 saturated carbocycles.